The van der Waals surface area contributed by atoms with Crippen molar-refractivity contribution < 1.29 is 9.26 Å². The molecule has 0 atom stereocenters. The van der Waals surface area contributed by atoms with Crippen molar-refractivity contribution in [1.82, 2.24) is 14.7 Å². The largest absolute Gasteiger partial charge is 0.484 e. The van der Waals surface area contributed by atoms with Gasteiger partial charge in [-0.15, -0.1) is 0 Å². The molecule has 0 N–H and O–H groups in total. The highest BCUT2D eigenvalue weighted by Crippen LogP contribution is 2.27. The minimum atomic E-state index is 0.145. The summed E-state index contributed by atoms with van der Waals surface area (Å²) >= 11 is 11.8. The van der Waals surface area contributed by atoms with Crippen molar-refractivity contribution in [3.05, 3.63) is 82.9 Å². The van der Waals surface area contributed by atoms with Gasteiger partial charge in [0.05, 0.1) is 10.0 Å². The number of ether oxygens (including phenoxy) is 1. The van der Waals surface area contributed by atoms with Crippen molar-refractivity contribution in [3.8, 4) is 22.8 Å². The van der Waals surface area contributed by atoms with Gasteiger partial charge in [-0.05, 0) is 48.5 Å². The maximum atomic E-state index is 5.96. The molecular weight excluding hydrogens is 373 g/mol. The zero-order chi connectivity index (χ0) is 17.9. The Bertz CT molecular complexity index is 1010. The molecule has 0 aliphatic heterocycles. The normalized spacial score (nSPS) is 10.8. The molecule has 0 amide bonds. The number of hydrogen-bond donors (Lipinski definition) is 0. The topological polar surface area (TPSA) is 53.1 Å². The Morgan fingerprint density at radius 3 is 2.46 bits per heavy atom. The fourth-order valence-corrected chi connectivity index (χ4v) is 2.72. The second-order valence-electron chi connectivity index (χ2n) is 5.51. The number of hydrogen-bond acceptors (Lipinski definition) is 4. The third kappa shape index (κ3) is 3.59. The molecule has 2 aromatic carbocycles. The molecular formula is C19H13Cl2N3O2. The van der Waals surface area contributed by atoms with Crippen molar-refractivity contribution >= 4 is 23.2 Å². The minimum absolute atomic E-state index is 0.145. The Morgan fingerprint density at radius 2 is 1.73 bits per heavy atom. The third-order valence-corrected chi connectivity index (χ3v) is 4.49. The van der Waals surface area contributed by atoms with Gasteiger partial charge in [0, 0.05) is 29.7 Å². The van der Waals surface area contributed by atoms with Gasteiger partial charge >= 0.3 is 0 Å². The SMILES string of the molecule is Clc1ccc(OCc2nc(-c3ccc(-n4cccc4)cc3)no2)cc1Cl. The van der Waals surface area contributed by atoms with Gasteiger partial charge in [-0.25, -0.2) is 0 Å². The average molecular weight is 386 g/mol. The highest BCUT2D eigenvalue weighted by atomic mass is 35.5. The van der Waals surface area contributed by atoms with Crippen LogP contribution in [0.3, 0.4) is 0 Å². The first-order chi connectivity index (χ1) is 12.7. The van der Waals surface area contributed by atoms with E-state index in [4.69, 9.17) is 32.5 Å². The summed E-state index contributed by atoms with van der Waals surface area (Å²) in [5.41, 5.74) is 1.93. The van der Waals surface area contributed by atoms with Crippen LogP contribution >= 0.6 is 23.2 Å². The Morgan fingerprint density at radius 1 is 0.962 bits per heavy atom. The zero-order valence-electron chi connectivity index (χ0n) is 13.5. The van der Waals surface area contributed by atoms with Gasteiger partial charge in [0.25, 0.3) is 5.89 Å². The van der Waals surface area contributed by atoms with Gasteiger partial charge in [-0.3, -0.25) is 0 Å². The van der Waals surface area contributed by atoms with Crippen LogP contribution in [0.15, 0.2) is 71.5 Å². The van der Waals surface area contributed by atoms with Crippen molar-refractivity contribution in [2.24, 2.45) is 0 Å². The lowest BCUT2D eigenvalue weighted by molar-refractivity contribution is 0.243. The van der Waals surface area contributed by atoms with E-state index in [9.17, 15) is 0 Å². The maximum absolute atomic E-state index is 5.96. The van der Waals surface area contributed by atoms with Gasteiger partial charge in [0.1, 0.15) is 5.75 Å². The number of halogens is 2. The Hall–Kier alpha value is -2.76. The molecule has 0 bridgehead atoms. The summed E-state index contributed by atoms with van der Waals surface area (Å²) in [7, 11) is 0. The molecule has 0 radical (unpaired) electrons. The van der Waals surface area contributed by atoms with Crippen LogP contribution in [0.4, 0.5) is 0 Å². The fourth-order valence-electron chi connectivity index (χ4n) is 2.43. The van der Waals surface area contributed by atoms with Crippen molar-refractivity contribution in [2.75, 3.05) is 0 Å². The third-order valence-electron chi connectivity index (χ3n) is 3.75. The van der Waals surface area contributed by atoms with E-state index >= 15 is 0 Å². The van der Waals surface area contributed by atoms with Crippen LogP contribution in [-0.2, 0) is 6.61 Å². The summed E-state index contributed by atoms with van der Waals surface area (Å²) < 4.78 is 12.9. The quantitative estimate of drug-likeness (QED) is 0.460. The van der Waals surface area contributed by atoms with Crippen LogP contribution in [0.2, 0.25) is 10.0 Å². The molecule has 7 heteroatoms. The van der Waals surface area contributed by atoms with E-state index in [-0.39, 0.29) is 6.61 Å². The molecule has 4 rings (SSSR count). The lowest BCUT2D eigenvalue weighted by atomic mass is 10.2. The Balaban J connectivity index is 1.45. The molecule has 0 spiro atoms. The maximum Gasteiger partial charge on any atom is 0.264 e. The van der Waals surface area contributed by atoms with Gasteiger partial charge < -0.3 is 13.8 Å². The van der Waals surface area contributed by atoms with Gasteiger partial charge in [0.15, 0.2) is 6.61 Å². The second kappa shape index (κ2) is 7.23. The summed E-state index contributed by atoms with van der Waals surface area (Å²) in [6, 6.07) is 16.9. The first-order valence-corrected chi connectivity index (χ1v) is 8.59. The second-order valence-corrected chi connectivity index (χ2v) is 6.33. The molecule has 0 unspecified atom stereocenters. The van der Waals surface area contributed by atoms with E-state index < -0.39 is 0 Å². The molecule has 5 nitrogen and oxygen atoms in total. The van der Waals surface area contributed by atoms with E-state index in [0.29, 0.717) is 27.5 Å². The summed E-state index contributed by atoms with van der Waals surface area (Å²) in [6.07, 6.45) is 3.98. The van der Waals surface area contributed by atoms with Crippen LogP contribution in [0.5, 0.6) is 5.75 Å². The molecule has 0 aliphatic rings. The lowest BCUT2D eigenvalue weighted by Gasteiger charge is -2.04. The van der Waals surface area contributed by atoms with Gasteiger partial charge in [-0.2, -0.15) is 4.98 Å². The smallest absolute Gasteiger partial charge is 0.264 e. The Labute approximate surface area is 159 Å². The van der Waals surface area contributed by atoms with Crippen molar-refractivity contribution in [2.45, 2.75) is 6.61 Å². The lowest BCUT2D eigenvalue weighted by Crippen LogP contribution is -1.95. The first kappa shape index (κ1) is 16.7. The summed E-state index contributed by atoms with van der Waals surface area (Å²) in [5, 5.41) is 4.91. The molecule has 0 aliphatic carbocycles. The summed E-state index contributed by atoms with van der Waals surface area (Å²) in [6.45, 7) is 0.145. The van der Waals surface area contributed by atoms with Crippen molar-refractivity contribution in [3.63, 3.8) is 0 Å². The zero-order valence-corrected chi connectivity index (χ0v) is 15.0. The van der Waals surface area contributed by atoms with Crippen LogP contribution in [-0.4, -0.2) is 14.7 Å². The number of rotatable bonds is 5. The number of benzene rings is 2. The molecule has 0 fully saturated rings. The van der Waals surface area contributed by atoms with Gasteiger partial charge in [-0.1, -0.05) is 28.4 Å². The van der Waals surface area contributed by atoms with Crippen LogP contribution in [0.25, 0.3) is 17.1 Å². The highest BCUT2D eigenvalue weighted by Gasteiger charge is 2.10. The first-order valence-electron chi connectivity index (χ1n) is 7.83. The molecule has 2 aromatic heterocycles. The summed E-state index contributed by atoms with van der Waals surface area (Å²) in [4.78, 5) is 4.36. The van der Waals surface area contributed by atoms with E-state index in [2.05, 4.69) is 10.1 Å². The predicted octanol–water partition coefficient (Wildman–Crippen LogP) is 5.41. The molecule has 26 heavy (non-hydrogen) atoms. The monoisotopic (exact) mass is 385 g/mol. The van der Waals surface area contributed by atoms with E-state index in [1.807, 2.05) is 53.4 Å². The van der Waals surface area contributed by atoms with E-state index in [1.54, 1.807) is 18.2 Å². The van der Waals surface area contributed by atoms with Crippen LogP contribution in [0.1, 0.15) is 5.89 Å². The van der Waals surface area contributed by atoms with Crippen molar-refractivity contribution in [1.29, 1.82) is 0 Å². The van der Waals surface area contributed by atoms with Crippen LogP contribution < -0.4 is 4.74 Å². The van der Waals surface area contributed by atoms with Gasteiger partial charge in [0.2, 0.25) is 5.82 Å². The highest BCUT2D eigenvalue weighted by molar-refractivity contribution is 6.42. The average Bonchev–Trinajstić information content (AvgIpc) is 3.35. The standard InChI is InChI=1S/C19H13Cl2N3O2/c20-16-8-7-15(11-17(16)21)25-12-18-22-19(23-26-18)13-3-5-14(6-4-13)24-9-1-2-10-24/h1-11H,12H2. The number of nitrogens with zero attached hydrogens (tertiary/aromatic N) is 3. The molecule has 130 valence electrons. The van der Waals surface area contributed by atoms with Crippen LogP contribution in [0, 0.1) is 0 Å². The van der Waals surface area contributed by atoms with E-state index in [0.717, 1.165) is 11.3 Å². The predicted molar refractivity (Wildman–Crippen MR) is 99.9 cm³/mol. The number of aromatic nitrogens is 3. The molecule has 0 saturated carbocycles. The molecule has 2 heterocycles. The molecule has 4 aromatic rings. The fraction of sp³-hybridized carbons (Fsp3) is 0.0526. The molecule has 0 saturated heterocycles. The minimum Gasteiger partial charge on any atom is -0.484 e. The summed E-state index contributed by atoms with van der Waals surface area (Å²) in [5.74, 6) is 1.47. The Kier molecular flexibility index (Phi) is 4.65. The van der Waals surface area contributed by atoms with E-state index in [1.165, 1.54) is 0 Å².